The summed E-state index contributed by atoms with van der Waals surface area (Å²) < 4.78 is 11.1. The molecular weight excluding hydrogens is 176 g/mol. The molecule has 1 aliphatic rings. The minimum Gasteiger partial charge on any atom is -0.353 e. The first-order valence-electron chi connectivity index (χ1n) is 6.16. The molecule has 0 bridgehead atoms. The fraction of sp³-hybridized carbons (Fsp3) is 1.00. The van der Waals surface area contributed by atoms with Crippen molar-refractivity contribution in [2.45, 2.75) is 64.6 Å². The second kappa shape index (κ2) is 8.25. The molecule has 1 fully saturated rings. The Kier molecular flexibility index (Phi) is 7.06. The Balaban J connectivity index is 1.82. The van der Waals surface area contributed by atoms with Gasteiger partial charge in [0, 0.05) is 13.2 Å². The van der Waals surface area contributed by atoms with Crippen LogP contribution < -0.4 is 0 Å². The van der Waals surface area contributed by atoms with E-state index in [0.29, 0.717) is 0 Å². The Morgan fingerprint density at radius 3 is 2.71 bits per heavy atom. The second-order valence-corrected chi connectivity index (χ2v) is 4.08. The molecule has 0 aromatic carbocycles. The number of hydrogen-bond acceptors (Lipinski definition) is 2. The van der Waals surface area contributed by atoms with E-state index in [2.05, 4.69) is 6.92 Å². The fourth-order valence-corrected chi connectivity index (χ4v) is 1.76. The molecule has 0 unspecified atom stereocenters. The van der Waals surface area contributed by atoms with E-state index in [-0.39, 0.29) is 6.29 Å². The summed E-state index contributed by atoms with van der Waals surface area (Å²) in [5.74, 6) is 0. The van der Waals surface area contributed by atoms with Crippen LogP contribution in [-0.2, 0) is 9.47 Å². The Bertz CT molecular complexity index is 119. The van der Waals surface area contributed by atoms with Crippen LogP contribution >= 0.6 is 0 Å². The van der Waals surface area contributed by atoms with Crippen LogP contribution in [0.5, 0.6) is 0 Å². The lowest BCUT2D eigenvalue weighted by Gasteiger charge is -2.22. The molecule has 1 atom stereocenters. The summed E-state index contributed by atoms with van der Waals surface area (Å²) in [6, 6.07) is 0. The van der Waals surface area contributed by atoms with Crippen molar-refractivity contribution in [1.82, 2.24) is 0 Å². The SMILES string of the molecule is CCCCCCCO[C@H]1CCCCO1. The van der Waals surface area contributed by atoms with E-state index in [1.54, 1.807) is 0 Å². The van der Waals surface area contributed by atoms with Gasteiger partial charge in [-0.1, -0.05) is 32.6 Å². The zero-order chi connectivity index (χ0) is 10.1. The molecule has 1 rings (SSSR count). The summed E-state index contributed by atoms with van der Waals surface area (Å²) in [5, 5.41) is 0. The first-order chi connectivity index (χ1) is 6.93. The Morgan fingerprint density at radius 1 is 1.14 bits per heavy atom. The molecule has 0 saturated carbocycles. The zero-order valence-electron chi connectivity index (χ0n) is 9.46. The molecule has 1 saturated heterocycles. The predicted octanol–water partition coefficient (Wildman–Crippen LogP) is 3.50. The van der Waals surface area contributed by atoms with Gasteiger partial charge in [-0.15, -0.1) is 0 Å². The standard InChI is InChI=1S/C12H24O2/c1-2-3-4-5-7-10-13-12-9-6-8-11-14-12/h12H,2-11H2,1H3/t12-/m1/s1. The lowest BCUT2D eigenvalue weighted by atomic mass is 10.2. The fourth-order valence-electron chi connectivity index (χ4n) is 1.76. The maximum Gasteiger partial charge on any atom is 0.157 e. The van der Waals surface area contributed by atoms with Gasteiger partial charge in [0.25, 0.3) is 0 Å². The smallest absolute Gasteiger partial charge is 0.157 e. The maximum atomic E-state index is 5.64. The van der Waals surface area contributed by atoms with Gasteiger partial charge in [-0.25, -0.2) is 0 Å². The Morgan fingerprint density at radius 2 is 2.00 bits per heavy atom. The molecule has 2 heteroatoms. The molecule has 1 aliphatic heterocycles. The van der Waals surface area contributed by atoms with Gasteiger partial charge < -0.3 is 9.47 Å². The van der Waals surface area contributed by atoms with Crippen molar-refractivity contribution in [3.8, 4) is 0 Å². The lowest BCUT2D eigenvalue weighted by molar-refractivity contribution is -0.162. The zero-order valence-corrected chi connectivity index (χ0v) is 9.46. The third-order valence-corrected chi connectivity index (χ3v) is 2.69. The van der Waals surface area contributed by atoms with Gasteiger partial charge in [-0.2, -0.15) is 0 Å². The summed E-state index contributed by atoms with van der Waals surface area (Å²) in [6.45, 7) is 4.02. The molecule has 0 aromatic heterocycles. The first kappa shape index (κ1) is 12.0. The maximum absolute atomic E-state index is 5.64. The topological polar surface area (TPSA) is 18.5 Å². The minimum absolute atomic E-state index is 0.106. The summed E-state index contributed by atoms with van der Waals surface area (Å²) >= 11 is 0. The van der Waals surface area contributed by atoms with Crippen molar-refractivity contribution in [1.29, 1.82) is 0 Å². The Labute approximate surface area is 88.0 Å². The van der Waals surface area contributed by atoms with Crippen LogP contribution in [0.2, 0.25) is 0 Å². The van der Waals surface area contributed by atoms with E-state index in [0.717, 1.165) is 19.6 Å². The van der Waals surface area contributed by atoms with Crippen LogP contribution in [0.15, 0.2) is 0 Å². The molecule has 0 aliphatic carbocycles. The molecule has 0 spiro atoms. The van der Waals surface area contributed by atoms with Crippen LogP contribution in [0.25, 0.3) is 0 Å². The van der Waals surface area contributed by atoms with Crippen molar-refractivity contribution in [3.63, 3.8) is 0 Å². The van der Waals surface area contributed by atoms with E-state index < -0.39 is 0 Å². The van der Waals surface area contributed by atoms with Gasteiger partial charge in [-0.05, 0) is 25.7 Å². The third kappa shape index (κ3) is 5.61. The normalized spacial score (nSPS) is 22.5. The van der Waals surface area contributed by atoms with E-state index in [1.165, 1.54) is 44.9 Å². The minimum atomic E-state index is 0.106. The molecule has 0 amide bonds. The van der Waals surface area contributed by atoms with E-state index in [9.17, 15) is 0 Å². The van der Waals surface area contributed by atoms with E-state index in [4.69, 9.17) is 9.47 Å². The van der Waals surface area contributed by atoms with Gasteiger partial charge in [0.05, 0.1) is 0 Å². The number of hydrogen-bond donors (Lipinski definition) is 0. The van der Waals surface area contributed by atoms with Crippen molar-refractivity contribution in [3.05, 3.63) is 0 Å². The van der Waals surface area contributed by atoms with Gasteiger partial charge in [0.1, 0.15) is 0 Å². The van der Waals surface area contributed by atoms with E-state index in [1.807, 2.05) is 0 Å². The van der Waals surface area contributed by atoms with Crippen molar-refractivity contribution in [2.24, 2.45) is 0 Å². The highest BCUT2D eigenvalue weighted by Gasteiger charge is 2.12. The Hall–Kier alpha value is -0.0800. The van der Waals surface area contributed by atoms with Crippen LogP contribution in [-0.4, -0.2) is 19.5 Å². The summed E-state index contributed by atoms with van der Waals surface area (Å²) in [4.78, 5) is 0. The molecule has 0 radical (unpaired) electrons. The number of rotatable bonds is 7. The highest BCUT2D eigenvalue weighted by Crippen LogP contribution is 2.14. The second-order valence-electron chi connectivity index (χ2n) is 4.08. The number of ether oxygens (including phenoxy) is 2. The quantitative estimate of drug-likeness (QED) is 0.586. The summed E-state index contributed by atoms with van der Waals surface area (Å²) in [6.07, 6.45) is 10.2. The molecule has 0 aromatic rings. The van der Waals surface area contributed by atoms with Crippen LogP contribution in [0.4, 0.5) is 0 Å². The van der Waals surface area contributed by atoms with Gasteiger partial charge in [0.15, 0.2) is 6.29 Å². The predicted molar refractivity (Wildman–Crippen MR) is 58.3 cm³/mol. The first-order valence-corrected chi connectivity index (χ1v) is 6.16. The van der Waals surface area contributed by atoms with Gasteiger partial charge in [0.2, 0.25) is 0 Å². The van der Waals surface area contributed by atoms with Gasteiger partial charge in [-0.3, -0.25) is 0 Å². The van der Waals surface area contributed by atoms with Crippen molar-refractivity contribution in [2.75, 3.05) is 13.2 Å². The lowest BCUT2D eigenvalue weighted by Crippen LogP contribution is -2.22. The molecule has 2 nitrogen and oxygen atoms in total. The largest absolute Gasteiger partial charge is 0.353 e. The average Bonchev–Trinajstić information content (AvgIpc) is 2.25. The summed E-state index contributed by atoms with van der Waals surface area (Å²) in [5.41, 5.74) is 0. The highest BCUT2D eigenvalue weighted by molar-refractivity contribution is 4.54. The summed E-state index contributed by atoms with van der Waals surface area (Å²) in [7, 11) is 0. The highest BCUT2D eigenvalue weighted by atomic mass is 16.7. The monoisotopic (exact) mass is 200 g/mol. The molecule has 14 heavy (non-hydrogen) atoms. The van der Waals surface area contributed by atoms with Crippen LogP contribution in [0.3, 0.4) is 0 Å². The van der Waals surface area contributed by atoms with Gasteiger partial charge >= 0.3 is 0 Å². The van der Waals surface area contributed by atoms with Crippen molar-refractivity contribution >= 4 is 0 Å². The van der Waals surface area contributed by atoms with E-state index >= 15 is 0 Å². The van der Waals surface area contributed by atoms with Crippen LogP contribution in [0.1, 0.15) is 58.3 Å². The van der Waals surface area contributed by atoms with Crippen molar-refractivity contribution < 1.29 is 9.47 Å². The van der Waals surface area contributed by atoms with Crippen LogP contribution in [0, 0.1) is 0 Å². The average molecular weight is 200 g/mol. The molecule has 1 heterocycles. The molecule has 84 valence electrons. The molecular formula is C12H24O2. The molecule has 0 N–H and O–H groups in total. The third-order valence-electron chi connectivity index (χ3n) is 2.69. The number of unbranched alkanes of at least 4 members (excludes halogenated alkanes) is 4.